The number of aromatic nitrogens is 2. The Hall–Kier alpha value is -2.85. The van der Waals surface area contributed by atoms with Crippen molar-refractivity contribution in [3.05, 3.63) is 53.6 Å². The van der Waals surface area contributed by atoms with Gasteiger partial charge in [-0.2, -0.15) is 26.3 Å². The summed E-state index contributed by atoms with van der Waals surface area (Å²) in [4.78, 5) is 19.8. The maximum atomic E-state index is 13.4. The van der Waals surface area contributed by atoms with E-state index in [9.17, 15) is 31.1 Å². The molecule has 156 valence electrons. The van der Waals surface area contributed by atoms with Crippen LogP contribution in [-0.4, -0.2) is 34.8 Å². The summed E-state index contributed by atoms with van der Waals surface area (Å²) >= 11 is 0. The first-order valence-corrected chi connectivity index (χ1v) is 8.52. The Morgan fingerprint density at radius 1 is 1.17 bits per heavy atom. The van der Waals surface area contributed by atoms with Crippen LogP contribution in [0.5, 0.6) is 5.75 Å². The molecule has 1 saturated carbocycles. The number of halogens is 6. The second-order valence-electron chi connectivity index (χ2n) is 6.49. The van der Waals surface area contributed by atoms with Crippen LogP contribution < -0.4 is 10.1 Å². The van der Waals surface area contributed by atoms with Gasteiger partial charge in [-0.25, -0.2) is 0 Å². The van der Waals surface area contributed by atoms with Crippen LogP contribution in [0.1, 0.15) is 46.5 Å². The van der Waals surface area contributed by atoms with Crippen LogP contribution in [0.3, 0.4) is 0 Å². The van der Waals surface area contributed by atoms with Gasteiger partial charge < -0.3 is 10.1 Å². The van der Waals surface area contributed by atoms with E-state index in [4.69, 9.17) is 4.74 Å². The molecule has 2 aromatic rings. The number of hydrogen-bond acceptors (Lipinski definition) is 4. The molecule has 1 fully saturated rings. The molecule has 1 unspecified atom stereocenters. The predicted molar refractivity (Wildman–Crippen MR) is 88.3 cm³/mol. The van der Waals surface area contributed by atoms with Gasteiger partial charge in [0.1, 0.15) is 11.4 Å². The van der Waals surface area contributed by atoms with Gasteiger partial charge in [-0.05, 0) is 30.9 Å². The molecule has 0 spiro atoms. The molecule has 11 heteroatoms. The summed E-state index contributed by atoms with van der Waals surface area (Å²) in [6, 6.07) is 2.38. The van der Waals surface area contributed by atoms with E-state index >= 15 is 0 Å². The Morgan fingerprint density at radius 2 is 1.90 bits per heavy atom. The lowest BCUT2D eigenvalue weighted by molar-refractivity contribution is -0.156. The van der Waals surface area contributed by atoms with E-state index in [1.807, 2.05) is 0 Å². The van der Waals surface area contributed by atoms with E-state index in [-0.39, 0.29) is 11.7 Å². The standard InChI is InChI=1S/C18H15F6N3O2/c19-17(20,21)9-29-14-7-13(26-8-11(14)10-4-5-10)16(28)27-15(18(22,23)24)12-3-1-2-6-25-12/h1-3,6-8,10,15H,4-5,9H2,(H,27,28). The summed E-state index contributed by atoms with van der Waals surface area (Å²) in [5.74, 6) is -1.47. The summed E-state index contributed by atoms with van der Waals surface area (Å²) in [6.07, 6.45) is -5.68. The van der Waals surface area contributed by atoms with Gasteiger partial charge in [0.15, 0.2) is 12.6 Å². The summed E-state index contributed by atoms with van der Waals surface area (Å²) in [6.45, 7) is -1.59. The molecule has 0 aromatic carbocycles. The lowest BCUT2D eigenvalue weighted by Crippen LogP contribution is -2.39. The van der Waals surface area contributed by atoms with Crippen molar-refractivity contribution in [1.29, 1.82) is 0 Å². The van der Waals surface area contributed by atoms with Gasteiger partial charge in [0.25, 0.3) is 5.91 Å². The SMILES string of the molecule is O=C(NC(c1ccccn1)C(F)(F)F)c1cc(OCC(F)(F)F)c(C2CC2)cn1. The van der Waals surface area contributed by atoms with E-state index in [0.29, 0.717) is 5.56 Å². The minimum absolute atomic E-state index is 0.0423. The van der Waals surface area contributed by atoms with Gasteiger partial charge >= 0.3 is 12.4 Å². The van der Waals surface area contributed by atoms with Gasteiger partial charge in [0.05, 0.1) is 5.69 Å². The quantitative estimate of drug-likeness (QED) is 0.708. The van der Waals surface area contributed by atoms with Crippen molar-refractivity contribution in [3.63, 3.8) is 0 Å². The third-order valence-corrected chi connectivity index (χ3v) is 4.12. The van der Waals surface area contributed by atoms with E-state index < -0.39 is 42.3 Å². The fraction of sp³-hybridized carbons (Fsp3) is 0.389. The molecule has 0 radical (unpaired) electrons. The molecule has 2 heterocycles. The van der Waals surface area contributed by atoms with Gasteiger partial charge in [-0.3, -0.25) is 14.8 Å². The number of carbonyl (C=O) groups excluding carboxylic acids is 1. The highest BCUT2D eigenvalue weighted by Crippen LogP contribution is 2.44. The molecule has 1 N–H and O–H groups in total. The second-order valence-corrected chi connectivity index (χ2v) is 6.49. The van der Waals surface area contributed by atoms with Crippen LogP contribution in [0.4, 0.5) is 26.3 Å². The Balaban J connectivity index is 1.84. The van der Waals surface area contributed by atoms with Crippen LogP contribution in [0.15, 0.2) is 36.7 Å². The normalized spacial score (nSPS) is 15.7. The summed E-state index contributed by atoms with van der Waals surface area (Å²) in [7, 11) is 0. The Bertz CT molecular complexity index is 866. The number of alkyl halides is 6. The monoisotopic (exact) mass is 419 g/mol. The number of hydrogen-bond donors (Lipinski definition) is 1. The lowest BCUT2D eigenvalue weighted by Gasteiger charge is -2.21. The zero-order valence-electron chi connectivity index (χ0n) is 14.7. The number of carbonyl (C=O) groups is 1. The highest BCUT2D eigenvalue weighted by atomic mass is 19.4. The number of amides is 1. The van der Waals surface area contributed by atoms with Crippen molar-refractivity contribution in [2.24, 2.45) is 0 Å². The van der Waals surface area contributed by atoms with Crippen molar-refractivity contribution >= 4 is 5.91 Å². The molecule has 29 heavy (non-hydrogen) atoms. The molecule has 1 atom stereocenters. The minimum atomic E-state index is -4.84. The van der Waals surface area contributed by atoms with Crippen molar-refractivity contribution in [2.75, 3.05) is 6.61 Å². The van der Waals surface area contributed by atoms with Crippen molar-refractivity contribution in [3.8, 4) is 5.75 Å². The highest BCUT2D eigenvalue weighted by Gasteiger charge is 2.43. The molecule has 3 rings (SSSR count). The molecule has 5 nitrogen and oxygen atoms in total. The molecular formula is C18H15F6N3O2. The van der Waals surface area contributed by atoms with Crippen LogP contribution in [0.25, 0.3) is 0 Å². The first-order chi connectivity index (χ1) is 13.5. The molecule has 1 amide bonds. The maximum Gasteiger partial charge on any atom is 0.422 e. The van der Waals surface area contributed by atoms with Crippen LogP contribution >= 0.6 is 0 Å². The zero-order valence-corrected chi connectivity index (χ0v) is 14.7. The van der Waals surface area contributed by atoms with E-state index in [2.05, 4.69) is 9.97 Å². The number of nitrogens with zero attached hydrogens (tertiary/aromatic N) is 2. The average molecular weight is 419 g/mol. The van der Waals surface area contributed by atoms with Crippen molar-refractivity contribution in [2.45, 2.75) is 37.2 Å². The second kappa shape index (κ2) is 7.88. The van der Waals surface area contributed by atoms with Crippen LogP contribution in [0, 0.1) is 0 Å². The van der Waals surface area contributed by atoms with E-state index in [1.165, 1.54) is 18.3 Å². The molecule has 1 aliphatic rings. The Labute approximate surface area is 161 Å². The highest BCUT2D eigenvalue weighted by molar-refractivity contribution is 5.93. The number of ether oxygens (including phenoxy) is 1. The minimum Gasteiger partial charge on any atom is -0.484 e. The first-order valence-electron chi connectivity index (χ1n) is 8.52. The van der Waals surface area contributed by atoms with Gasteiger partial charge in [-0.15, -0.1) is 0 Å². The van der Waals surface area contributed by atoms with Gasteiger partial charge in [0, 0.05) is 24.0 Å². The summed E-state index contributed by atoms with van der Waals surface area (Å²) in [5.41, 5.74) is -0.531. The average Bonchev–Trinajstić information content (AvgIpc) is 3.48. The summed E-state index contributed by atoms with van der Waals surface area (Å²) in [5, 5.41) is 1.79. The third kappa shape index (κ3) is 5.58. The largest absolute Gasteiger partial charge is 0.484 e. The van der Waals surface area contributed by atoms with Gasteiger partial charge in [0.2, 0.25) is 0 Å². The van der Waals surface area contributed by atoms with E-state index in [0.717, 1.165) is 31.2 Å². The smallest absolute Gasteiger partial charge is 0.422 e. The number of pyridine rings is 2. The molecule has 1 aliphatic carbocycles. The molecular weight excluding hydrogens is 404 g/mol. The topological polar surface area (TPSA) is 64.1 Å². The maximum absolute atomic E-state index is 13.4. The molecule has 0 bridgehead atoms. The Morgan fingerprint density at radius 3 is 2.45 bits per heavy atom. The zero-order chi connectivity index (χ0) is 21.2. The van der Waals surface area contributed by atoms with Crippen LogP contribution in [0.2, 0.25) is 0 Å². The number of rotatable bonds is 6. The van der Waals surface area contributed by atoms with Crippen molar-refractivity contribution < 1.29 is 35.9 Å². The number of nitrogens with one attached hydrogen (secondary N) is 1. The van der Waals surface area contributed by atoms with Crippen LogP contribution in [-0.2, 0) is 0 Å². The summed E-state index contributed by atoms with van der Waals surface area (Å²) < 4.78 is 82.3. The third-order valence-electron chi connectivity index (χ3n) is 4.12. The first kappa shape index (κ1) is 20.9. The molecule has 2 aromatic heterocycles. The van der Waals surface area contributed by atoms with E-state index in [1.54, 1.807) is 5.32 Å². The van der Waals surface area contributed by atoms with Crippen molar-refractivity contribution in [1.82, 2.24) is 15.3 Å². The Kier molecular flexibility index (Phi) is 5.67. The fourth-order valence-electron chi connectivity index (χ4n) is 2.63. The molecule has 0 aliphatic heterocycles. The lowest BCUT2D eigenvalue weighted by atomic mass is 10.1. The molecule has 0 saturated heterocycles. The predicted octanol–water partition coefficient (Wildman–Crippen LogP) is 4.33. The van der Waals surface area contributed by atoms with Gasteiger partial charge in [-0.1, -0.05) is 6.07 Å². The fourth-order valence-corrected chi connectivity index (χ4v) is 2.63.